The zero-order chi connectivity index (χ0) is 14.5. The van der Waals surface area contributed by atoms with Gasteiger partial charge in [-0.3, -0.25) is 4.79 Å². The van der Waals surface area contributed by atoms with Gasteiger partial charge in [-0.1, -0.05) is 6.07 Å². The van der Waals surface area contributed by atoms with Gasteiger partial charge in [-0.15, -0.1) is 0 Å². The smallest absolute Gasteiger partial charge is 0.238 e. The molecule has 5 nitrogen and oxygen atoms in total. The van der Waals surface area contributed by atoms with Crippen molar-refractivity contribution in [2.75, 3.05) is 37.8 Å². The molecule has 0 radical (unpaired) electrons. The van der Waals surface area contributed by atoms with Crippen LogP contribution in [0.4, 0.5) is 0 Å². The molecule has 2 aliphatic heterocycles. The maximum absolute atomic E-state index is 12.0. The summed E-state index contributed by atoms with van der Waals surface area (Å²) in [6.07, 6.45) is 0.794. The molecule has 1 aromatic rings. The number of benzene rings is 1. The van der Waals surface area contributed by atoms with Crippen LogP contribution >= 0.6 is 11.8 Å². The van der Waals surface area contributed by atoms with Gasteiger partial charge in [0.15, 0.2) is 11.5 Å². The minimum absolute atomic E-state index is 0.0518. The zero-order valence-electron chi connectivity index (χ0n) is 11.9. The molecule has 1 fully saturated rings. The van der Waals surface area contributed by atoms with E-state index in [1.54, 1.807) is 0 Å². The molecule has 0 bridgehead atoms. The van der Waals surface area contributed by atoms with Gasteiger partial charge >= 0.3 is 0 Å². The largest absolute Gasteiger partial charge is 0.486 e. The molecule has 0 aliphatic carbocycles. The van der Waals surface area contributed by atoms with E-state index >= 15 is 0 Å². The number of ether oxygens (including phenoxy) is 2. The lowest BCUT2D eigenvalue weighted by Gasteiger charge is -2.22. The summed E-state index contributed by atoms with van der Waals surface area (Å²) >= 11 is 1.82. The monoisotopic (exact) mass is 308 g/mol. The van der Waals surface area contributed by atoms with Crippen molar-refractivity contribution in [3.63, 3.8) is 0 Å². The van der Waals surface area contributed by atoms with Crippen LogP contribution in [0.15, 0.2) is 18.2 Å². The van der Waals surface area contributed by atoms with Gasteiger partial charge < -0.3 is 20.1 Å². The van der Waals surface area contributed by atoms with Gasteiger partial charge in [0.2, 0.25) is 5.91 Å². The molecule has 1 aromatic carbocycles. The van der Waals surface area contributed by atoms with Crippen LogP contribution in [-0.4, -0.2) is 49.8 Å². The molecule has 1 saturated heterocycles. The first-order valence-corrected chi connectivity index (χ1v) is 8.46. The molecule has 1 amide bonds. The number of fused-ring (bicyclic) bond motifs is 1. The average molecular weight is 308 g/mol. The van der Waals surface area contributed by atoms with E-state index in [0.717, 1.165) is 41.5 Å². The Labute approximate surface area is 128 Å². The minimum atomic E-state index is -0.0518. The Kier molecular flexibility index (Phi) is 4.87. The average Bonchev–Trinajstić information content (AvgIpc) is 2.55. The summed E-state index contributed by atoms with van der Waals surface area (Å²) < 4.78 is 11.1. The molecule has 1 unspecified atom stereocenters. The number of nitrogens with one attached hydrogen (secondary N) is 2. The van der Waals surface area contributed by atoms with Crippen molar-refractivity contribution in [3.8, 4) is 11.5 Å². The van der Waals surface area contributed by atoms with E-state index in [-0.39, 0.29) is 11.9 Å². The third-order valence-corrected chi connectivity index (χ3v) is 4.62. The zero-order valence-corrected chi connectivity index (χ0v) is 12.7. The van der Waals surface area contributed by atoms with Crippen LogP contribution in [0.1, 0.15) is 5.56 Å². The summed E-state index contributed by atoms with van der Waals surface area (Å²) in [6, 6.07) is 5.90. The Morgan fingerprint density at radius 3 is 3.00 bits per heavy atom. The van der Waals surface area contributed by atoms with Crippen LogP contribution in [0.25, 0.3) is 0 Å². The third kappa shape index (κ3) is 3.83. The van der Waals surface area contributed by atoms with Crippen LogP contribution in [0.5, 0.6) is 11.5 Å². The second kappa shape index (κ2) is 7.04. The van der Waals surface area contributed by atoms with Crippen molar-refractivity contribution in [2.24, 2.45) is 0 Å². The maximum atomic E-state index is 12.0. The molecule has 2 aliphatic rings. The van der Waals surface area contributed by atoms with Crippen molar-refractivity contribution in [2.45, 2.75) is 12.5 Å². The Balaban J connectivity index is 1.47. The van der Waals surface area contributed by atoms with Crippen molar-refractivity contribution >= 4 is 17.7 Å². The van der Waals surface area contributed by atoms with E-state index in [1.807, 2.05) is 30.0 Å². The van der Waals surface area contributed by atoms with Gasteiger partial charge in [0.1, 0.15) is 13.2 Å². The first kappa shape index (κ1) is 14.5. The Bertz CT molecular complexity index is 504. The van der Waals surface area contributed by atoms with E-state index < -0.39 is 0 Å². The summed E-state index contributed by atoms with van der Waals surface area (Å²) in [7, 11) is 0. The highest BCUT2D eigenvalue weighted by Crippen LogP contribution is 2.30. The summed E-state index contributed by atoms with van der Waals surface area (Å²) in [5.74, 6) is 3.64. The lowest BCUT2D eigenvalue weighted by atomic mass is 10.1. The Morgan fingerprint density at radius 1 is 1.33 bits per heavy atom. The second-order valence-electron chi connectivity index (χ2n) is 5.10. The number of hydrogen-bond acceptors (Lipinski definition) is 5. The van der Waals surface area contributed by atoms with Crippen LogP contribution in [-0.2, 0) is 11.2 Å². The molecular weight excluding hydrogens is 288 g/mol. The van der Waals surface area contributed by atoms with E-state index in [1.165, 1.54) is 0 Å². The lowest BCUT2D eigenvalue weighted by molar-refractivity contribution is -0.122. The van der Waals surface area contributed by atoms with Crippen molar-refractivity contribution in [3.05, 3.63) is 23.8 Å². The first-order chi connectivity index (χ1) is 10.3. The highest BCUT2D eigenvalue weighted by Gasteiger charge is 2.20. The molecular formula is C15H20N2O3S. The summed E-state index contributed by atoms with van der Waals surface area (Å²) in [4.78, 5) is 12.0. The van der Waals surface area contributed by atoms with Crippen molar-refractivity contribution < 1.29 is 14.3 Å². The number of rotatable bonds is 4. The van der Waals surface area contributed by atoms with Gasteiger partial charge in [0.05, 0.1) is 6.04 Å². The highest BCUT2D eigenvalue weighted by atomic mass is 32.2. The van der Waals surface area contributed by atoms with Gasteiger partial charge in [-0.05, 0) is 24.1 Å². The van der Waals surface area contributed by atoms with E-state index in [4.69, 9.17) is 9.47 Å². The fourth-order valence-electron chi connectivity index (χ4n) is 2.43. The van der Waals surface area contributed by atoms with Gasteiger partial charge in [0, 0.05) is 24.6 Å². The van der Waals surface area contributed by atoms with Gasteiger partial charge in [-0.2, -0.15) is 11.8 Å². The SMILES string of the molecule is O=C(NCCc1ccc2c(c1)OCCO2)C1CSCCN1. The molecule has 21 heavy (non-hydrogen) atoms. The van der Waals surface area contributed by atoms with E-state index in [2.05, 4.69) is 10.6 Å². The fourth-order valence-corrected chi connectivity index (χ4v) is 3.36. The van der Waals surface area contributed by atoms with Crippen LogP contribution in [0, 0.1) is 0 Å². The summed E-state index contributed by atoms with van der Waals surface area (Å²) in [5, 5.41) is 6.23. The van der Waals surface area contributed by atoms with Gasteiger partial charge in [-0.25, -0.2) is 0 Å². The lowest BCUT2D eigenvalue weighted by Crippen LogP contribution is -2.49. The molecule has 0 saturated carbocycles. The van der Waals surface area contributed by atoms with Gasteiger partial charge in [0.25, 0.3) is 0 Å². The highest BCUT2D eigenvalue weighted by molar-refractivity contribution is 7.99. The van der Waals surface area contributed by atoms with Crippen LogP contribution in [0.3, 0.4) is 0 Å². The number of carbonyl (C=O) groups excluding carboxylic acids is 1. The number of thioether (sulfide) groups is 1. The Hall–Kier alpha value is -1.40. The molecule has 2 N–H and O–H groups in total. The summed E-state index contributed by atoms with van der Waals surface area (Å²) in [6.45, 7) is 2.75. The topological polar surface area (TPSA) is 59.6 Å². The van der Waals surface area contributed by atoms with Crippen LogP contribution < -0.4 is 20.1 Å². The molecule has 6 heteroatoms. The first-order valence-electron chi connectivity index (χ1n) is 7.30. The predicted molar refractivity (Wildman–Crippen MR) is 83.3 cm³/mol. The van der Waals surface area contributed by atoms with Crippen molar-refractivity contribution in [1.29, 1.82) is 0 Å². The second-order valence-corrected chi connectivity index (χ2v) is 6.25. The molecule has 1 atom stereocenters. The number of hydrogen-bond donors (Lipinski definition) is 2. The third-order valence-electron chi connectivity index (χ3n) is 3.56. The normalized spacial score (nSPS) is 20.9. The molecule has 3 rings (SSSR count). The number of carbonyl (C=O) groups is 1. The Morgan fingerprint density at radius 2 is 2.19 bits per heavy atom. The van der Waals surface area contributed by atoms with E-state index in [0.29, 0.717) is 19.8 Å². The number of amides is 1. The maximum Gasteiger partial charge on any atom is 0.238 e. The fraction of sp³-hybridized carbons (Fsp3) is 0.533. The molecule has 0 spiro atoms. The molecule has 114 valence electrons. The quantitative estimate of drug-likeness (QED) is 0.862. The van der Waals surface area contributed by atoms with Crippen molar-refractivity contribution in [1.82, 2.24) is 10.6 Å². The standard InChI is InChI=1S/C15H20N2O3S/c18-15(12-10-21-8-5-16-12)17-4-3-11-1-2-13-14(9-11)20-7-6-19-13/h1-2,9,12,16H,3-8,10H2,(H,17,18). The predicted octanol–water partition coefficient (Wildman–Crippen LogP) is 0.821. The molecule has 0 aromatic heterocycles. The van der Waals surface area contributed by atoms with E-state index in [9.17, 15) is 4.79 Å². The van der Waals surface area contributed by atoms with Crippen LogP contribution in [0.2, 0.25) is 0 Å². The summed E-state index contributed by atoms with van der Waals surface area (Å²) in [5.41, 5.74) is 1.14. The molecule has 2 heterocycles. The minimum Gasteiger partial charge on any atom is -0.486 e.